The molecule has 0 aliphatic rings. The maximum Gasteiger partial charge on any atom is 0.408 e. The van der Waals surface area contributed by atoms with E-state index in [9.17, 15) is 18.0 Å². The standard InChI is InChI=1S/C29H40INO9S/c1-20-8-11-23(12-9-20)41(34,35)38-17-15-36-14-16-37-22-10-13-24(30)21(18-22)19-25(26(32)39-28(2,3)4)31-27(33)40-29(5,6)7/h8-13,18,25H,14-17,19H2,1-7H3,(H,31,33). The fourth-order valence-electron chi connectivity index (χ4n) is 3.33. The maximum atomic E-state index is 12.9. The normalized spacial score (nSPS) is 12.9. The predicted molar refractivity (Wildman–Crippen MR) is 162 cm³/mol. The van der Waals surface area contributed by atoms with Gasteiger partial charge in [-0.25, -0.2) is 9.59 Å². The van der Waals surface area contributed by atoms with Crippen molar-refractivity contribution < 1.29 is 41.1 Å². The van der Waals surface area contributed by atoms with Crippen LogP contribution in [-0.2, 0) is 39.7 Å². The number of halogens is 1. The summed E-state index contributed by atoms with van der Waals surface area (Å²) in [6.07, 6.45) is -0.559. The molecular formula is C29H40INO9S. The van der Waals surface area contributed by atoms with Crippen molar-refractivity contribution in [3.8, 4) is 5.75 Å². The fraction of sp³-hybridized carbons (Fsp3) is 0.517. The van der Waals surface area contributed by atoms with Crippen molar-refractivity contribution >= 4 is 44.8 Å². The van der Waals surface area contributed by atoms with E-state index < -0.39 is 39.4 Å². The molecule has 0 saturated heterocycles. The number of hydrogen-bond acceptors (Lipinski definition) is 9. The minimum absolute atomic E-state index is 0.0697. The predicted octanol–water partition coefficient (Wildman–Crippen LogP) is 5.18. The van der Waals surface area contributed by atoms with Crippen molar-refractivity contribution in [2.24, 2.45) is 0 Å². The van der Waals surface area contributed by atoms with Crippen LogP contribution in [0.3, 0.4) is 0 Å². The number of alkyl carbamates (subject to hydrolysis) is 1. The smallest absolute Gasteiger partial charge is 0.408 e. The van der Waals surface area contributed by atoms with E-state index in [0.29, 0.717) is 5.75 Å². The molecule has 1 amide bonds. The molecule has 0 bridgehead atoms. The Labute approximate surface area is 256 Å². The summed E-state index contributed by atoms with van der Waals surface area (Å²) in [6, 6.07) is 10.8. The zero-order chi connectivity index (χ0) is 30.8. The van der Waals surface area contributed by atoms with E-state index in [0.717, 1.165) is 14.7 Å². The van der Waals surface area contributed by atoms with E-state index in [1.165, 1.54) is 12.1 Å². The minimum Gasteiger partial charge on any atom is -0.491 e. The summed E-state index contributed by atoms with van der Waals surface area (Å²) in [6.45, 7) is 12.7. The van der Waals surface area contributed by atoms with Crippen LogP contribution in [0.5, 0.6) is 5.75 Å². The van der Waals surface area contributed by atoms with Crippen LogP contribution >= 0.6 is 22.6 Å². The van der Waals surface area contributed by atoms with E-state index >= 15 is 0 Å². The van der Waals surface area contributed by atoms with Crippen LogP contribution < -0.4 is 10.1 Å². The van der Waals surface area contributed by atoms with Gasteiger partial charge in [-0.2, -0.15) is 8.42 Å². The maximum absolute atomic E-state index is 12.9. The quantitative estimate of drug-likeness (QED) is 0.130. The number of ether oxygens (including phenoxy) is 4. The van der Waals surface area contributed by atoms with Crippen molar-refractivity contribution in [1.29, 1.82) is 0 Å². The van der Waals surface area contributed by atoms with Gasteiger partial charge in [-0.3, -0.25) is 4.18 Å². The number of amides is 1. The number of hydrogen-bond donors (Lipinski definition) is 1. The number of rotatable bonds is 13. The SMILES string of the molecule is Cc1ccc(S(=O)(=O)OCCOCCOc2ccc(I)c(CC(NC(=O)OC(C)(C)C)C(=O)OC(C)(C)C)c2)cc1. The lowest BCUT2D eigenvalue weighted by Crippen LogP contribution is -2.47. The average molecular weight is 706 g/mol. The molecule has 41 heavy (non-hydrogen) atoms. The van der Waals surface area contributed by atoms with Crippen molar-refractivity contribution in [2.75, 3.05) is 26.4 Å². The summed E-state index contributed by atoms with van der Waals surface area (Å²) >= 11 is 2.15. The number of esters is 1. The van der Waals surface area contributed by atoms with Gasteiger partial charge < -0.3 is 24.3 Å². The van der Waals surface area contributed by atoms with Crippen molar-refractivity contribution in [3.63, 3.8) is 0 Å². The second-order valence-corrected chi connectivity index (χ2v) is 14.0. The summed E-state index contributed by atoms with van der Waals surface area (Å²) in [5.74, 6) is -0.0343. The Hall–Kier alpha value is -2.42. The Morgan fingerprint density at radius 2 is 1.49 bits per heavy atom. The summed E-state index contributed by atoms with van der Waals surface area (Å²) in [5.41, 5.74) is 0.256. The van der Waals surface area contributed by atoms with E-state index in [1.54, 1.807) is 65.8 Å². The number of benzene rings is 2. The van der Waals surface area contributed by atoms with Crippen molar-refractivity contribution in [3.05, 3.63) is 57.2 Å². The number of carbonyl (C=O) groups excluding carboxylic acids is 2. The molecule has 0 spiro atoms. The average Bonchev–Trinajstić information content (AvgIpc) is 2.83. The third kappa shape index (κ3) is 13.4. The van der Waals surface area contributed by atoms with Gasteiger partial charge in [0, 0.05) is 9.99 Å². The summed E-state index contributed by atoms with van der Waals surface area (Å²) in [5, 5.41) is 2.63. The molecule has 0 fully saturated rings. The Morgan fingerprint density at radius 1 is 0.878 bits per heavy atom. The van der Waals surface area contributed by atoms with Crippen LogP contribution in [0.1, 0.15) is 52.7 Å². The second kappa shape index (κ2) is 15.2. The highest BCUT2D eigenvalue weighted by Gasteiger charge is 2.29. The fourth-order valence-corrected chi connectivity index (χ4v) is 4.78. The monoisotopic (exact) mass is 705 g/mol. The summed E-state index contributed by atoms with van der Waals surface area (Å²) in [7, 11) is -3.84. The lowest BCUT2D eigenvalue weighted by atomic mass is 10.1. The summed E-state index contributed by atoms with van der Waals surface area (Å²) < 4.78 is 52.4. The van der Waals surface area contributed by atoms with E-state index in [2.05, 4.69) is 27.9 Å². The van der Waals surface area contributed by atoms with Crippen LogP contribution in [0.4, 0.5) is 4.79 Å². The molecular weight excluding hydrogens is 665 g/mol. The Bertz CT molecular complexity index is 1270. The van der Waals surface area contributed by atoms with Gasteiger partial charge in [-0.05, 0) is 107 Å². The highest BCUT2D eigenvalue weighted by Crippen LogP contribution is 2.22. The van der Waals surface area contributed by atoms with Crippen LogP contribution in [0.2, 0.25) is 0 Å². The van der Waals surface area contributed by atoms with Crippen LogP contribution in [-0.4, -0.2) is 64.2 Å². The lowest BCUT2D eigenvalue weighted by Gasteiger charge is -2.26. The third-order valence-corrected chi connectivity index (χ3v) is 7.47. The molecule has 10 nitrogen and oxygen atoms in total. The van der Waals surface area contributed by atoms with Gasteiger partial charge in [-0.15, -0.1) is 0 Å². The zero-order valence-corrected chi connectivity index (χ0v) is 27.6. The van der Waals surface area contributed by atoms with Crippen molar-refractivity contribution in [1.82, 2.24) is 5.32 Å². The largest absolute Gasteiger partial charge is 0.491 e. The van der Waals surface area contributed by atoms with Crippen molar-refractivity contribution in [2.45, 2.75) is 77.0 Å². The number of nitrogens with one attached hydrogen (secondary N) is 1. The summed E-state index contributed by atoms with van der Waals surface area (Å²) in [4.78, 5) is 25.5. The Morgan fingerprint density at radius 3 is 2.10 bits per heavy atom. The number of aryl methyl sites for hydroxylation is 1. The van der Waals surface area contributed by atoms with Crippen LogP contribution in [0.25, 0.3) is 0 Å². The first-order valence-electron chi connectivity index (χ1n) is 13.1. The molecule has 0 aromatic heterocycles. The first-order chi connectivity index (χ1) is 18.9. The first-order valence-corrected chi connectivity index (χ1v) is 15.6. The van der Waals surface area contributed by atoms with Gasteiger partial charge in [0.15, 0.2) is 0 Å². The Kier molecular flexibility index (Phi) is 12.9. The van der Waals surface area contributed by atoms with E-state index in [4.69, 9.17) is 23.1 Å². The van der Waals surface area contributed by atoms with E-state index in [1.807, 2.05) is 13.0 Å². The third-order valence-electron chi connectivity index (χ3n) is 5.10. The molecule has 1 atom stereocenters. The van der Waals surface area contributed by atoms with Gasteiger partial charge in [-0.1, -0.05) is 17.7 Å². The van der Waals surface area contributed by atoms with Crippen LogP contribution in [0, 0.1) is 10.5 Å². The molecule has 2 aromatic carbocycles. The zero-order valence-electron chi connectivity index (χ0n) is 24.6. The van der Waals surface area contributed by atoms with Gasteiger partial charge in [0.25, 0.3) is 10.1 Å². The van der Waals surface area contributed by atoms with Gasteiger partial charge >= 0.3 is 12.1 Å². The molecule has 2 rings (SSSR count). The minimum atomic E-state index is -3.84. The highest BCUT2D eigenvalue weighted by atomic mass is 127. The first kappa shape index (κ1) is 34.8. The molecule has 228 valence electrons. The lowest BCUT2D eigenvalue weighted by molar-refractivity contribution is -0.157. The van der Waals surface area contributed by atoms with Gasteiger partial charge in [0.1, 0.15) is 29.6 Å². The molecule has 1 unspecified atom stereocenters. The molecule has 1 N–H and O–H groups in total. The molecule has 0 radical (unpaired) electrons. The molecule has 0 aliphatic heterocycles. The molecule has 0 saturated carbocycles. The Balaban J connectivity index is 1.91. The molecule has 2 aromatic rings. The van der Waals surface area contributed by atoms with Crippen LogP contribution in [0.15, 0.2) is 47.4 Å². The van der Waals surface area contributed by atoms with E-state index in [-0.39, 0.29) is 37.7 Å². The molecule has 0 heterocycles. The molecule has 0 aliphatic carbocycles. The highest BCUT2D eigenvalue weighted by molar-refractivity contribution is 14.1. The van der Waals surface area contributed by atoms with Gasteiger partial charge in [0.05, 0.1) is 24.7 Å². The number of carbonyl (C=O) groups is 2. The molecule has 12 heteroatoms. The second-order valence-electron chi connectivity index (χ2n) is 11.2. The topological polar surface area (TPSA) is 126 Å². The van der Waals surface area contributed by atoms with Gasteiger partial charge in [0.2, 0.25) is 0 Å².